The number of alkyl halides is 2. The molecule has 0 N–H and O–H groups in total. The van der Waals surface area contributed by atoms with Gasteiger partial charge in [-0.1, -0.05) is 0 Å². The summed E-state index contributed by atoms with van der Waals surface area (Å²) in [7, 11) is 0. The van der Waals surface area contributed by atoms with E-state index < -0.39 is 18.0 Å². The molecule has 2 unspecified atom stereocenters. The van der Waals surface area contributed by atoms with Crippen molar-refractivity contribution in [3.05, 3.63) is 23.8 Å². The third kappa shape index (κ3) is 4.01. The van der Waals surface area contributed by atoms with E-state index in [1.54, 1.807) is 25.7 Å². The maximum atomic E-state index is 13.2. The lowest BCUT2D eigenvalue weighted by molar-refractivity contribution is -0.286. The van der Waals surface area contributed by atoms with E-state index >= 15 is 0 Å². The van der Waals surface area contributed by atoms with Gasteiger partial charge >= 0.3 is 12.4 Å². The number of ketones is 1. The van der Waals surface area contributed by atoms with Gasteiger partial charge < -0.3 is 18.9 Å². The first kappa shape index (κ1) is 19.9. The van der Waals surface area contributed by atoms with Crippen molar-refractivity contribution < 1.29 is 37.3 Å². The Morgan fingerprint density at radius 3 is 2.34 bits per heavy atom. The molecule has 0 aliphatic carbocycles. The van der Waals surface area contributed by atoms with E-state index in [4.69, 9.17) is 9.47 Å². The van der Waals surface area contributed by atoms with Crippen LogP contribution in [0.2, 0.25) is 0 Å². The molecule has 0 saturated carbocycles. The van der Waals surface area contributed by atoms with Gasteiger partial charge in [0, 0.05) is 11.5 Å². The Labute approximate surface area is 166 Å². The average Bonchev–Trinajstić information content (AvgIpc) is 2.91. The highest BCUT2D eigenvalue weighted by molar-refractivity contribution is 5.98. The van der Waals surface area contributed by atoms with Crippen LogP contribution in [-0.2, 0) is 9.47 Å². The van der Waals surface area contributed by atoms with Crippen LogP contribution >= 0.6 is 0 Å². The molecule has 1 aromatic rings. The summed E-state index contributed by atoms with van der Waals surface area (Å²) in [6.07, 6.45) is -3.30. The van der Waals surface area contributed by atoms with Gasteiger partial charge in [-0.15, -0.1) is 8.78 Å². The number of carbonyl (C=O) groups excluding carboxylic acids is 2. The first-order chi connectivity index (χ1) is 13.5. The highest BCUT2D eigenvalue weighted by Gasteiger charge is 2.46. The van der Waals surface area contributed by atoms with Gasteiger partial charge in [-0.25, -0.2) is 4.79 Å². The molecular weight excluding hydrogens is 388 g/mol. The number of morpholine rings is 1. The maximum Gasteiger partial charge on any atom is 0.586 e. The number of Topliss-reactive ketones (excluding diaryl/α,β-unsaturated/α-hetero) is 1. The minimum Gasteiger partial charge on any atom is -0.444 e. The number of halogens is 2. The first-order valence-corrected chi connectivity index (χ1v) is 9.55. The molecule has 0 aromatic heterocycles. The molecule has 3 heterocycles. The molecule has 2 fully saturated rings. The number of hydrogen-bond acceptors (Lipinski definition) is 6. The monoisotopic (exact) mass is 411 g/mol. The number of nitrogens with zero attached hydrogens (tertiary/aromatic N) is 1. The van der Waals surface area contributed by atoms with Crippen LogP contribution in [0.4, 0.5) is 13.6 Å². The molecule has 0 spiro atoms. The van der Waals surface area contributed by atoms with Crippen molar-refractivity contribution >= 4 is 11.9 Å². The van der Waals surface area contributed by atoms with Crippen LogP contribution in [0.25, 0.3) is 0 Å². The molecule has 2 atom stereocenters. The summed E-state index contributed by atoms with van der Waals surface area (Å²) < 4.78 is 46.4. The molecule has 3 aliphatic heterocycles. The lowest BCUT2D eigenvalue weighted by Crippen LogP contribution is -2.60. The van der Waals surface area contributed by atoms with Gasteiger partial charge in [0.2, 0.25) is 0 Å². The van der Waals surface area contributed by atoms with Gasteiger partial charge in [0.15, 0.2) is 17.3 Å². The molecule has 29 heavy (non-hydrogen) atoms. The van der Waals surface area contributed by atoms with Crippen LogP contribution < -0.4 is 9.47 Å². The summed E-state index contributed by atoms with van der Waals surface area (Å²) in [5, 5.41) is 0. The van der Waals surface area contributed by atoms with Crippen molar-refractivity contribution in [1.29, 1.82) is 0 Å². The molecule has 1 aromatic carbocycles. The number of amides is 1. The number of benzene rings is 1. The fourth-order valence-corrected chi connectivity index (χ4v) is 4.08. The second-order valence-corrected chi connectivity index (χ2v) is 8.59. The molecule has 0 radical (unpaired) electrons. The molecular formula is C20H23F2NO6. The van der Waals surface area contributed by atoms with Crippen molar-refractivity contribution in [2.75, 3.05) is 13.2 Å². The third-order valence-electron chi connectivity index (χ3n) is 5.18. The summed E-state index contributed by atoms with van der Waals surface area (Å²) in [6.45, 7) is 6.06. The van der Waals surface area contributed by atoms with E-state index in [1.165, 1.54) is 18.2 Å². The average molecular weight is 411 g/mol. The standard InChI is InChI=1S/C20H23F2NO6/c1-19(2,3)29-18(25)23-13-6-12(7-14(23)10-26-9-13)17(24)11-4-5-15-16(8-11)28-20(21,22)27-15/h4-5,8,12-14H,6-7,9-10H2,1-3H3. The second-order valence-electron chi connectivity index (χ2n) is 8.59. The van der Waals surface area contributed by atoms with E-state index in [-0.39, 0.29) is 40.8 Å². The Hall–Kier alpha value is -2.42. The van der Waals surface area contributed by atoms with Gasteiger partial charge in [-0.2, -0.15) is 0 Å². The van der Waals surface area contributed by atoms with Crippen molar-refractivity contribution in [3.63, 3.8) is 0 Å². The van der Waals surface area contributed by atoms with Crippen LogP contribution in [0.5, 0.6) is 11.5 Å². The van der Waals surface area contributed by atoms with Crippen molar-refractivity contribution in [1.82, 2.24) is 4.90 Å². The number of hydrogen-bond donors (Lipinski definition) is 0. The predicted molar refractivity (Wildman–Crippen MR) is 96.2 cm³/mol. The Morgan fingerprint density at radius 1 is 1.10 bits per heavy atom. The SMILES string of the molecule is CC(C)(C)OC(=O)N1C2COCC1CC(C(=O)c1ccc3c(c1)OC(F)(F)O3)C2. The number of rotatable bonds is 2. The fourth-order valence-electron chi connectivity index (χ4n) is 4.08. The van der Waals surface area contributed by atoms with Crippen LogP contribution in [0.3, 0.4) is 0 Å². The van der Waals surface area contributed by atoms with E-state index in [9.17, 15) is 18.4 Å². The summed E-state index contributed by atoms with van der Waals surface area (Å²) in [4.78, 5) is 27.3. The summed E-state index contributed by atoms with van der Waals surface area (Å²) in [6, 6.07) is 3.50. The second kappa shape index (κ2) is 6.83. The van der Waals surface area contributed by atoms with Crippen LogP contribution in [0.1, 0.15) is 44.0 Å². The lowest BCUT2D eigenvalue weighted by Gasteiger charge is -2.47. The highest BCUT2D eigenvalue weighted by Crippen LogP contribution is 2.42. The molecule has 3 aliphatic rings. The quantitative estimate of drug-likeness (QED) is 0.693. The Bertz CT molecular complexity index is 823. The summed E-state index contributed by atoms with van der Waals surface area (Å²) in [5.74, 6) is -0.784. The van der Waals surface area contributed by atoms with E-state index in [1.807, 2.05) is 0 Å². The summed E-state index contributed by atoms with van der Waals surface area (Å²) >= 11 is 0. The zero-order valence-electron chi connectivity index (χ0n) is 16.4. The van der Waals surface area contributed by atoms with E-state index in [2.05, 4.69) is 9.47 Å². The molecule has 4 rings (SSSR count). The van der Waals surface area contributed by atoms with Crippen molar-refractivity contribution in [2.45, 2.75) is 57.6 Å². The van der Waals surface area contributed by atoms with Crippen molar-refractivity contribution in [3.8, 4) is 11.5 Å². The highest BCUT2D eigenvalue weighted by atomic mass is 19.3. The maximum absolute atomic E-state index is 13.2. The topological polar surface area (TPSA) is 74.3 Å². The number of ether oxygens (including phenoxy) is 4. The van der Waals surface area contributed by atoms with Crippen LogP contribution in [0, 0.1) is 5.92 Å². The van der Waals surface area contributed by atoms with Crippen LogP contribution in [0.15, 0.2) is 18.2 Å². The van der Waals surface area contributed by atoms with Gasteiger partial charge in [0.1, 0.15) is 5.60 Å². The minimum atomic E-state index is -3.73. The molecule has 1 amide bonds. The van der Waals surface area contributed by atoms with Gasteiger partial charge in [-0.05, 0) is 51.8 Å². The third-order valence-corrected chi connectivity index (χ3v) is 5.18. The zero-order valence-corrected chi connectivity index (χ0v) is 16.4. The molecule has 2 saturated heterocycles. The van der Waals surface area contributed by atoms with Gasteiger partial charge in [0.25, 0.3) is 0 Å². The van der Waals surface area contributed by atoms with Gasteiger partial charge in [0.05, 0.1) is 25.3 Å². The number of carbonyl (C=O) groups is 2. The Kier molecular flexibility index (Phi) is 4.68. The fraction of sp³-hybridized carbons (Fsp3) is 0.600. The Balaban J connectivity index is 1.49. The van der Waals surface area contributed by atoms with Crippen molar-refractivity contribution in [2.24, 2.45) is 5.92 Å². The normalized spacial score (nSPS) is 27.5. The zero-order chi connectivity index (χ0) is 21.0. The predicted octanol–water partition coefficient (Wildman–Crippen LogP) is 3.61. The largest absolute Gasteiger partial charge is 0.586 e. The number of piperidine rings is 1. The smallest absolute Gasteiger partial charge is 0.444 e. The molecule has 9 heteroatoms. The van der Waals surface area contributed by atoms with E-state index in [0.717, 1.165) is 0 Å². The Morgan fingerprint density at radius 2 is 1.72 bits per heavy atom. The van der Waals surface area contributed by atoms with Crippen LogP contribution in [-0.4, -0.2) is 54.0 Å². The molecule has 158 valence electrons. The molecule has 2 bridgehead atoms. The van der Waals surface area contributed by atoms with Gasteiger partial charge in [-0.3, -0.25) is 9.69 Å². The molecule has 7 nitrogen and oxygen atoms in total. The summed E-state index contributed by atoms with van der Waals surface area (Å²) in [5.41, 5.74) is -0.340. The lowest BCUT2D eigenvalue weighted by atomic mass is 9.81. The number of fused-ring (bicyclic) bond motifs is 3. The van der Waals surface area contributed by atoms with E-state index in [0.29, 0.717) is 26.1 Å². The minimum absolute atomic E-state index is 0.100. The first-order valence-electron chi connectivity index (χ1n) is 9.55.